The molecule has 0 aromatic heterocycles. The summed E-state index contributed by atoms with van der Waals surface area (Å²) in [5.41, 5.74) is 0. The number of aliphatic hydroxyl groups excluding tert-OH is 1. The van der Waals surface area contributed by atoms with Crippen molar-refractivity contribution in [2.24, 2.45) is 17.8 Å². The van der Waals surface area contributed by atoms with E-state index in [0.717, 1.165) is 0 Å². The third-order valence-corrected chi connectivity index (χ3v) is 3.59. The molecule has 0 saturated carbocycles. The van der Waals surface area contributed by atoms with Gasteiger partial charge in [0.15, 0.2) is 0 Å². The predicted molar refractivity (Wildman–Crippen MR) is 71.4 cm³/mol. The molecule has 0 unspecified atom stereocenters. The van der Waals surface area contributed by atoms with Crippen LogP contribution < -0.4 is 0 Å². The Morgan fingerprint density at radius 1 is 1.37 bits per heavy atom. The summed E-state index contributed by atoms with van der Waals surface area (Å²) in [5, 5.41) is 10.0. The number of aliphatic hydroxyl groups is 1. The molecule has 1 N–H and O–H groups in total. The average Bonchev–Trinajstić information content (AvgIpc) is 2.68. The molecule has 19 heavy (non-hydrogen) atoms. The predicted octanol–water partition coefficient (Wildman–Crippen LogP) is 2.03. The van der Waals surface area contributed by atoms with Gasteiger partial charge in [-0.3, -0.25) is 4.79 Å². The second-order valence-corrected chi connectivity index (χ2v) is 6.08. The zero-order chi connectivity index (χ0) is 14.7. The average molecular weight is 271 g/mol. The Balaban J connectivity index is 2.77. The first-order valence-electron chi connectivity index (χ1n) is 6.93. The number of ether oxygens (including phenoxy) is 1. The molecule has 1 aliphatic heterocycles. The Morgan fingerprint density at radius 2 is 1.95 bits per heavy atom. The second-order valence-electron chi connectivity index (χ2n) is 6.08. The van der Waals surface area contributed by atoms with E-state index < -0.39 is 18.1 Å². The molecule has 3 atom stereocenters. The molecule has 5 nitrogen and oxygen atoms in total. The van der Waals surface area contributed by atoms with Gasteiger partial charge in [0.1, 0.15) is 6.61 Å². The molecule has 1 aliphatic rings. The molecule has 0 aromatic carbocycles. The third-order valence-electron chi connectivity index (χ3n) is 3.59. The fraction of sp³-hybridized carbons (Fsp3) is 0.857. The summed E-state index contributed by atoms with van der Waals surface area (Å²) in [7, 11) is 0. The Hall–Kier alpha value is -1.10. The molecular weight excluding hydrogens is 246 g/mol. The summed E-state index contributed by atoms with van der Waals surface area (Å²) in [6.45, 7) is 9.78. The van der Waals surface area contributed by atoms with E-state index >= 15 is 0 Å². The number of hydrogen-bond donors (Lipinski definition) is 1. The lowest BCUT2D eigenvalue weighted by Gasteiger charge is -2.27. The molecule has 110 valence electrons. The standard InChI is InChI=1S/C14H25NO4/c1-8(2)6-12(16)10(5)13(17)15-11(9(3)4)7-19-14(15)18/h8-12,16H,6-7H2,1-5H3/t10-,11-,12-/m1/s1. The van der Waals surface area contributed by atoms with Crippen molar-refractivity contribution in [1.82, 2.24) is 4.90 Å². The second kappa shape index (κ2) is 6.37. The van der Waals surface area contributed by atoms with Crippen LogP contribution in [0.15, 0.2) is 0 Å². The number of carbonyl (C=O) groups is 2. The van der Waals surface area contributed by atoms with Crippen LogP contribution >= 0.6 is 0 Å². The summed E-state index contributed by atoms with van der Waals surface area (Å²) in [6, 6.07) is -0.228. The summed E-state index contributed by atoms with van der Waals surface area (Å²) >= 11 is 0. The van der Waals surface area contributed by atoms with E-state index in [9.17, 15) is 14.7 Å². The highest BCUT2D eigenvalue weighted by molar-refractivity contribution is 5.94. The van der Waals surface area contributed by atoms with Gasteiger partial charge in [-0.05, 0) is 18.3 Å². The first kappa shape index (κ1) is 16.0. The van der Waals surface area contributed by atoms with Crippen LogP contribution in [0.2, 0.25) is 0 Å². The number of amides is 2. The van der Waals surface area contributed by atoms with Crippen LogP contribution in [-0.2, 0) is 9.53 Å². The zero-order valence-electron chi connectivity index (χ0n) is 12.4. The van der Waals surface area contributed by atoms with Crippen LogP contribution in [0.25, 0.3) is 0 Å². The highest BCUT2D eigenvalue weighted by atomic mass is 16.6. The molecule has 1 heterocycles. The van der Waals surface area contributed by atoms with Crippen molar-refractivity contribution >= 4 is 12.0 Å². The minimum absolute atomic E-state index is 0.143. The highest BCUT2D eigenvalue weighted by Crippen LogP contribution is 2.24. The number of cyclic esters (lactones) is 1. The number of imide groups is 1. The minimum atomic E-state index is -0.728. The Kier molecular flexibility index (Phi) is 5.35. The molecule has 0 spiro atoms. The molecule has 0 aliphatic carbocycles. The van der Waals surface area contributed by atoms with Gasteiger partial charge in [0.2, 0.25) is 5.91 Å². The van der Waals surface area contributed by atoms with Gasteiger partial charge in [-0.1, -0.05) is 34.6 Å². The maximum Gasteiger partial charge on any atom is 0.416 e. The first-order valence-corrected chi connectivity index (χ1v) is 6.93. The van der Waals surface area contributed by atoms with E-state index in [1.807, 2.05) is 27.7 Å². The summed E-state index contributed by atoms with van der Waals surface area (Å²) < 4.78 is 4.96. The summed E-state index contributed by atoms with van der Waals surface area (Å²) in [4.78, 5) is 25.2. The maximum absolute atomic E-state index is 12.4. The fourth-order valence-electron chi connectivity index (χ4n) is 2.25. The zero-order valence-corrected chi connectivity index (χ0v) is 12.4. The maximum atomic E-state index is 12.4. The van der Waals surface area contributed by atoms with Crippen molar-refractivity contribution in [3.63, 3.8) is 0 Å². The normalized spacial score (nSPS) is 22.8. The summed E-state index contributed by atoms with van der Waals surface area (Å²) in [5.74, 6) is -0.481. The van der Waals surface area contributed by atoms with Crippen LogP contribution in [0.5, 0.6) is 0 Å². The van der Waals surface area contributed by atoms with E-state index in [1.165, 1.54) is 4.90 Å². The van der Waals surface area contributed by atoms with E-state index in [0.29, 0.717) is 12.3 Å². The number of nitrogens with zero attached hydrogens (tertiary/aromatic N) is 1. The largest absolute Gasteiger partial charge is 0.447 e. The topological polar surface area (TPSA) is 66.8 Å². The molecule has 1 saturated heterocycles. The van der Waals surface area contributed by atoms with Gasteiger partial charge in [-0.2, -0.15) is 0 Å². The highest BCUT2D eigenvalue weighted by Gasteiger charge is 2.42. The van der Waals surface area contributed by atoms with Crippen molar-refractivity contribution in [1.29, 1.82) is 0 Å². The van der Waals surface area contributed by atoms with Gasteiger partial charge < -0.3 is 9.84 Å². The lowest BCUT2D eigenvalue weighted by molar-refractivity contribution is -0.137. The first-order chi connectivity index (χ1) is 8.75. The Bertz CT molecular complexity index is 340. The summed E-state index contributed by atoms with van der Waals surface area (Å²) in [6.07, 6.45) is -0.775. The van der Waals surface area contributed by atoms with Gasteiger partial charge >= 0.3 is 6.09 Å². The Labute approximate surface area is 114 Å². The molecule has 0 aromatic rings. The van der Waals surface area contributed by atoms with Gasteiger partial charge in [-0.25, -0.2) is 9.69 Å². The van der Waals surface area contributed by atoms with Crippen molar-refractivity contribution < 1.29 is 19.4 Å². The van der Waals surface area contributed by atoms with Crippen LogP contribution in [0.1, 0.15) is 41.0 Å². The van der Waals surface area contributed by atoms with Gasteiger partial charge in [0, 0.05) is 0 Å². The SMILES string of the molecule is CC(C)C[C@@H](O)[C@@H](C)C(=O)N1C(=O)OC[C@@H]1C(C)C. The van der Waals surface area contributed by atoms with Crippen molar-refractivity contribution in [2.45, 2.75) is 53.2 Å². The van der Waals surface area contributed by atoms with Crippen molar-refractivity contribution in [3.8, 4) is 0 Å². The molecule has 1 rings (SSSR count). The van der Waals surface area contributed by atoms with Crippen molar-refractivity contribution in [3.05, 3.63) is 0 Å². The van der Waals surface area contributed by atoms with E-state index in [2.05, 4.69) is 0 Å². The molecule has 1 fully saturated rings. The monoisotopic (exact) mass is 271 g/mol. The number of carbonyl (C=O) groups excluding carboxylic acids is 2. The van der Waals surface area contributed by atoms with E-state index in [4.69, 9.17) is 4.74 Å². The smallest absolute Gasteiger partial charge is 0.416 e. The van der Waals surface area contributed by atoms with Crippen molar-refractivity contribution in [2.75, 3.05) is 6.61 Å². The molecule has 5 heteroatoms. The minimum Gasteiger partial charge on any atom is -0.447 e. The van der Waals surface area contributed by atoms with Crippen LogP contribution in [0.3, 0.4) is 0 Å². The van der Waals surface area contributed by atoms with Gasteiger partial charge in [0.25, 0.3) is 0 Å². The number of rotatable bonds is 5. The van der Waals surface area contributed by atoms with Crippen LogP contribution in [-0.4, -0.2) is 40.8 Å². The lowest BCUT2D eigenvalue weighted by Crippen LogP contribution is -2.46. The fourth-order valence-corrected chi connectivity index (χ4v) is 2.25. The van der Waals surface area contributed by atoms with E-state index in [1.54, 1.807) is 6.92 Å². The lowest BCUT2D eigenvalue weighted by atomic mass is 9.94. The molecule has 0 bridgehead atoms. The molecule has 2 amide bonds. The van der Waals surface area contributed by atoms with Gasteiger partial charge in [0.05, 0.1) is 18.1 Å². The van der Waals surface area contributed by atoms with Crippen LogP contribution in [0, 0.1) is 17.8 Å². The van der Waals surface area contributed by atoms with Gasteiger partial charge in [-0.15, -0.1) is 0 Å². The third kappa shape index (κ3) is 3.69. The Morgan fingerprint density at radius 3 is 2.42 bits per heavy atom. The molecular formula is C14H25NO4. The quantitative estimate of drug-likeness (QED) is 0.831. The van der Waals surface area contributed by atoms with Crippen LogP contribution in [0.4, 0.5) is 4.79 Å². The number of hydrogen-bond acceptors (Lipinski definition) is 4. The van der Waals surface area contributed by atoms with E-state index in [-0.39, 0.29) is 24.5 Å². The molecule has 0 radical (unpaired) electrons.